The molecule has 1 saturated carbocycles. The SMILES string of the molecule is O=C(NCC1CCCS1(=O)=O)NC1(C(=O)O)CC1. The van der Waals surface area contributed by atoms with Crippen LogP contribution in [-0.2, 0) is 14.6 Å². The Balaban J connectivity index is 1.81. The number of sulfone groups is 1. The predicted octanol–water partition coefficient (Wildman–Crippen LogP) is -0.520. The summed E-state index contributed by atoms with van der Waals surface area (Å²) in [6.07, 6.45) is 2.00. The van der Waals surface area contributed by atoms with E-state index >= 15 is 0 Å². The number of carbonyl (C=O) groups is 2. The number of carboxylic acid groups (broad SMARTS) is 1. The first-order chi connectivity index (χ1) is 8.36. The summed E-state index contributed by atoms with van der Waals surface area (Å²) in [5.74, 6) is -0.883. The van der Waals surface area contributed by atoms with Crippen LogP contribution in [0, 0.1) is 0 Å². The molecule has 2 amide bonds. The molecule has 2 aliphatic rings. The van der Waals surface area contributed by atoms with Gasteiger partial charge in [-0.25, -0.2) is 18.0 Å². The van der Waals surface area contributed by atoms with Gasteiger partial charge >= 0.3 is 12.0 Å². The minimum Gasteiger partial charge on any atom is -0.480 e. The van der Waals surface area contributed by atoms with E-state index in [2.05, 4.69) is 10.6 Å². The third kappa shape index (κ3) is 2.58. The topological polar surface area (TPSA) is 113 Å². The molecule has 102 valence electrons. The Kier molecular flexibility index (Phi) is 3.22. The Bertz CT molecular complexity index is 469. The van der Waals surface area contributed by atoms with Crippen molar-refractivity contribution >= 4 is 21.8 Å². The van der Waals surface area contributed by atoms with Crippen molar-refractivity contribution in [3.05, 3.63) is 0 Å². The molecule has 2 fully saturated rings. The fraction of sp³-hybridized carbons (Fsp3) is 0.800. The largest absolute Gasteiger partial charge is 0.480 e. The highest BCUT2D eigenvalue weighted by atomic mass is 32.2. The number of nitrogens with one attached hydrogen (secondary N) is 2. The van der Waals surface area contributed by atoms with Crippen LogP contribution in [0.2, 0.25) is 0 Å². The monoisotopic (exact) mass is 276 g/mol. The van der Waals surface area contributed by atoms with Crippen LogP contribution in [0.3, 0.4) is 0 Å². The van der Waals surface area contributed by atoms with Crippen molar-refractivity contribution in [1.82, 2.24) is 10.6 Å². The smallest absolute Gasteiger partial charge is 0.329 e. The van der Waals surface area contributed by atoms with Crippen molar-refractivity contribution in [1.29, 1.82) is 0 Å². The summed E-state index contributed by atoms with van der Waals surface area (Å²) in [5.41, 5.74) is -1.14. The average Bonchev–Trinajstić information content (AvgIpc) is 2.96. The van der Waals surface area contributed by atoms with Gasteiger partial charge in [0.25, 0.3) is 0 Å². The van der Waals surface area contributed by atoms with Gasteiger partial charge in [0.2, 0.25) is 0 Å². The maximum atomic E-state index is 11.5. The third-order valence-electron chi connectivity index (χ3n) is 3.47. The van der Waals surface area contributed by atoms with Gasteiger partial charge in [0, 0.05) is 6.54 Å². The molecule has 0 radical (unpaired) electrons. The van der Waals surface area contributed by atoms with Crippen molar-refractivity contribution in [2.45, 2.75) is 36.5 Å². The van der Waals surface area contributed by atoms with E-state index in [9.17, 15) is 18.0 Å². The highest BCUT2D eigenvalue weighted by molar-refractivity contribution is 7.92. The van der Waals surface area contributed by atoms with Gasteiger partial charge in [-0.3, -0.25) is 0 Å². The van der Waals surface area contributed by atoms with Crippen molar-refractivity contribution in [3.63, 3.8) is 0 Å². The van der Waals surface area contributed by atoms with Gasteiger partial charge in [0.15, 0.2) is 9.84 Å². The number of rotatable bonds is 4. The van der Waals surface area contributed by atoms with Gasteiger partial charge in [-0.15, -0.1) is 0 Å². The summed E-state index contributed by atoms with van der Waals surface area (Å²) in [6, 6.07) is -0.614. The molecule has 2 rings (SSSR count). The first-order valence-electron chi connectivity index (χ1n) is 5.87. The number of carbonyl (C=O) groups excluding carboxylic acids is 1. The molecule has 1 heterocycles. The second-order valence-electron chi connectivity index (χ2n) is 4.85. The van der Waals surface area contributed by atoms with E-state index in [4.69, 9.17) is 5.11 Å². The Morgan fingerprint density at radius 3 is 2.44 bits per heavy atom. The Labute approximate surface area is 105 Å². The van der Waals surface area contributed by atoms with E-state index in [0.29, 0.717) is 25.7 Å². The standard InChI is InChI=1S/C10H16N2O5S/c13-8(14)10(3-4-10)12-9(15)11-6-7-2-1-5-18(7,16)17/h7H,1-6H2,(H,13,14)(H2,11,12,15). The van der Waals surface area contributed by atoms with E-state index < -0.39 is 32.6 Å². The van der Waals surface area contributed by atoms with Crippen molar-refractivity contribution in [2.24, 2.45) is 0 Å². The van der Waals surface area contributed by atoms with Crippen LogP contribution in [0.15, 0.2) is 0 Å². The van der Waals surface area contributed by atoms with E-state index in [0.717, 1.165) is 0 Å². The summed E-state index contributed by atoms with van der Waals surface area (Å²) in [4.78, 5) is 22.3. The normalized spacial score (nSPS) is 27.4. The molecular weight excluding hydrogens is 260 g/mol. The van der Waals surface area contributed by atoms with Crippen LogP contribution in [-0.4, -0.2) is 48.6 Å². The molecule has 1 aliphatic carbocycles. The predicted molar refractivity (Wildman–Crippen MR) is 62.9 cm³/mol. The number of amides is 2. The summed E-state index contributed by atoms with van der Waals surface area (Å²) >= 11 is 0. The molecule has 7 nitrogen and oxygen atoms in total. The molecule has 1 saturated heterocycles. The minimum absolute atomic E-state index is 0.0455. The second-order valence-corrected chi connectivity index (χ2v) is 7.25. The molecule has 0 spiro atoms. The molecule has 18 heavy (non-hydrogen) atoms. The third-order valence-corrected chi connectivity index (χ3v) is 5.74. The molecule has 1 aliphatic heterocycles. The Morgan fingerprint density at radius 1 is 1.33 bits per heavy atom. The van der Waals surface area contributed by atoms with Gasteiger partial charge in [-0.1, -0.05) is 0 Å². The molecule has 0 aromatic heterocycles. The lowest BCUT2D eigenvalue weighted by molar-refractivity contribution is -0.140. The zero-order chi connectivity index (χ0) is 13.4. The molecule has 0 bridgehead atoms. The molecule has 1 unspecified atom stereocenters. The molecule has 1 atom stereocenters. The fourth-order valence-corrected chi connectivity index (χ4v) is 3.84. The van der Waals surface area contributed by atoms with Gasteiger partial charge in [0.05, 0.1) is 11.0 Å². The zero-order valence-electron chi connectivity index (χ0n) is 9.81. The Hall–Kier alpha value is -1.31. The summed E-state index contributed by atoms with van der Waals surface area (Å²) in [7, 11) is -3.09. The van der Waals surface area contributed by atoms with E-state index in [1.807, 2.05) is 0 Å². The van der Waals surface area contributed by atoms with Gasteiger partial charge in [-0.05, 0) is 25.7 Å². The number of hydrogen-bond acceptors (Lipinski definition) is 4. The highest BCUT2D eigenvalue weighted by Gasteiger charge is 2.51. The molecule has 3 N–H and O–H groups in total. The quantitative estimate of drug-likeness (QED) is 0.639. The minimum atomic E-state index is -3.09. The average molecular weight is 276 g/mol. The van der Waals surface area contributed by atoms with E-state index in [1.165, 1.54) is 0 Å². The van der Waals surface area contributed by atoms with Crippen molar-refractivity contribution in [3.8, 4) is 0 Å². The van der Waals surface area contributed by atoms with Gasteiger partial charge in [0.1, 0.15) is 5.54 Å². The van der Waals surface area contributed by atoms with E-state index in [1.54, 1.807) is 0 Å². The number of hydrogen-bond donors (Lipinski definition) is 3. The first kappa shape index (κ1) is 13.1. The van der Waals surface area contributed by atoms with Crippen LogP contribution in [0.4, 0.5) is 4.79 Å². The van der Waals surface area contributed by atoms with Crippen LogP contribution in [0.1, 0.15) is 25.7 Å². The highest BCUT2D eigenvalue weighted by Crippen LogP contribution is 2.35. The lowest BCUT2D eigenvalue weighted by atomic mass is 10.2. The zero-order valence-corrected chi connectivity index (χ0v) is 10.6. The van der Waals surface area contributed by atoms with Crippen LogP contribution >= 0.6 is 0 Å². The second kappa shape index (κ2) is 4.42. The summed E-state index contributed by atoms with van der Waals surface area (Å²) in [5, 5.41) is 13.2. The van der Waals surface area contributed by atoms with Crippen LogP contribution in [0.5, 0.6) is 0 Å². The van der Waals surface area contributed by atoms with Gasteiger partial charge in [-0.2, -0.15) is 0 Å². The number of aliphatic carboxylic acids is 1. The lowest BCUT2D eigenvalue weighted by Gasteiger charge is -2.15. The summed E-state index contributed by atoms with van der Waals surface area (Å²) in [6.45, 7) is 0.0455. The molecule has 0 aromatic rings. The summed E-state index contributed by atoms with van der Waals surface area (Å²) < 4.78 is 23.0. The van der Waals surface area contributed by atoms with Crippen molar-refractivity contribution in [2.75, 3.05) is 12.3 Å². The van der Waals surface area contributed by atoms with E-state index in [-0.39, 0.29) is 12.3 Å². The maximum Gasteiger partial charge on any atom is 0.329 e. The van der Waals surface area contributed by atoms with Crippen LogP contribution in [0.25, 0.3) is 0 Å². The van der Waals surface area contributed by atoms with Gasteiger partial charge < -0.3 is 15.7 Å². The van der Waals surface area contributed by atoms with Crippen LogP contribution < -0.4 is 10.6 Å². The van der Waals surface area contributed by atoms with Crippen molar-refractivity contribution < 1.29 is 23.1 Å². The first-order valence-corrected chi connectivity index (χ1v) is 7.58. The Morgan fingerprint density at radius 2 is 2.00 bits per heavy atom. The number of carboxylic acids is 1. The molecule has 8 heteroatoms. The maximum absolute atomic E-state index is 11.5. The number of urea groups is 1. The molecular formula is C10H16N2O5S. The lowest BCUT2D eigenvalue weighted by Crippen LogP contribution is -2.49. The molecule has 0 aromatic carbocycles. The fourth-order valence-electron chi connectivity index (χ4n) is 2.07.